The van der Waals surface area contributed by atoms with E-state index in [9.17, 15) is 4.39 Å². The lowest BCUT2D eigenvalue weighted by Gasteiger charge is -2.10. The molecule has 1 heterocycles. The standard InChI is InChI=1S/C13H12BrFS/c1-8-7-9(2)16-13(8)12(14)10-5-3-4-6-11(10)15/h3-7,12H,1-2H3. The molecular weight excluding hydrogens is 287 g/mol. The highest BCUT2D eigenvalue weighted by Gasteiger charge is 2.18. The number of alkyl halides is 1. The quantitative estimate of drug-likeness (QED) is 0.685. The van der Waals surface area contributed by atoms with Crippen molar-refractivity contribution in [3.8, 4) is 0 Å². The van der Waals surface area contributed by atoms with Crippen LogP contribution >= 0.6 is 27.3 Å². The van der Waals surface area contributed by atoms with Crippen LogP contribution in [0.2, 0.25) is 0 Å². The van der Waals surface area contributed by atoms with Crippen molar-refractivity contribution in [3.63, 3.8) is 0 Å². The average molecular weight is 299 g/mol. The smallest absolute Gasteiger partial charge is 0.127 e. The molecule has 0 aliphatic heterocycles. The summed E-state index contributed by atoms with van der Waals surface area (Å²) in [6, 6.07) is 9.03. The van der Waals surface area contributed by atoms with Gasteiger partial charge in [-0.15, -0.1) is 11.3 Å². The Labute approximate surface area is 107 Å². The fraction of sp³-hybridized carbons (Fsp3) is 0.231. The summed E-state index contributed by atoms with van der Waals surface area (Å²) in [6.45, 7) is 4.14. The van der Waals surface area contributed by atoms with E-state index in [0.29, 0.717) is 5.56 Å². The molecule has 1 unspecified atom stereocenters. The van der Waals surface area contributed by atoms with Gasteiger partial charge in [0.1, 0.15) is 5.82 Å². The third-order valence-electron chi connectivity index (χ3n) is 2.49. The van der Waals surface area contributed by atoms with Gasteiger partial charge in [-0.3, -0.25) is 0 Å². The minimum absolute atomic E-state index is 0.0487. The van der Waals surface area contributed by atoms with E-state index in [-0.39, 0.29) is 10.6 Å². The molecule has 2 rings (SSSR count). The average Bonchev–Trinajstić information content (AvgIpc) is 2.58. The summed E-state index contributed by atoms with van der Waals surface area (Å²) < 4.78 is 13.6. The Morgan fingerprint density at radius 3 is 2.50 bits per heavy atom. The van der Waals surface area contributed by atoms with Crippen LogP contribution in [0.3, 0.4) is 0 Å². The van der Waals surface area contributed by atoms with E-state index in [1.807, 2.05) is 12.1 Å². The predicted octanol–water partition coefficient (Wildman–Crippen LogP) is 4.99. The van der Waals surface area contributed by atoms with Crippen LogP contribution in [-0.4, -0.2) is 0 Å². The van der Waals surface area contributed by atoms with Crippen molar-refractivity contribution < 1.29 is 4.39 Å². The maximum absolute atomic E-state index is 13.6. The molecule has 1 atom stereocenters. The zero-order valence-electron chi connectivity index (χ0n) is 9.13. The van der Waals surface area contributed by atoms with E-state index in [4.69, 9.17) is 0 Å². The molecule has 0 saturated carbocycles. The molecule has 0 nitrogen and oxygen atoms in total. The van der Waals surface area contributed by atoms with E-state index < -0.39 is 0 Å². The van der Waals surface area contributed by atoms with E-state index in [1.165, 1.54) is 21.4 Å². The normalized spacial score (nSPS) is 12.8. The summed E-state index contributed by atoms with van der Waals surface area (Å²) in [6.07, 6.45) is 0. The third kappa shape index (κ3) is 2.20. The highest BCUT2D eigenvalue weighted by Crippen LogP contribution is 2.38. The molecule has 0 fully saturated rings. The van der Waals surface area contributed by atoms with Gasteiger partial charge in [0.25, 0.3) is 0 Å². The number of rotatable bonds is 2. The van der Waals surface area contributed by atoms with Gasteiger partial charge in [0.2, 0.25) is 0 Å². The Morgan fingerprint density at radius 2 is 1.94 bits per heavy atom. The second kappa shape index (κ2) is 4.68. The van der Waals surface area contributed by atoms with Crippen molar-refractivity contribution in [2.75, 3.05) is 0 Å². The lowest BCUT2D eigenvalue weighted by atomic mass is 10.1. The van der Waals surface area contributed by atoms with Gasteiger partial charge in [0, 0.05) is 15.3 Å². The molecule has 0 N–H and O–H groups in total. The Kier molecular flexibility index (Phi) is 3.45. The fourth-order valence-electron chi connectivity index (χ4n) is 1.73. The first kappa shape index (κ1) is 11.8. The van der Waals surface area contributed by atoms with Gasteiger partial charge in [-0.1, -0.05) is 34.1 Å². The molecule has 0 spiro atoms. The monoisotopic (exact) mass is 298 g/mol. The molecule has 16 heavy (non-hydrogen) atoms. The second-order valence-corrected chi connectivity index (χ2v) is 5.99. The van der Waals surface area contributed by atoms with Gasteiger partial charge in [0.15, 0.2) is 0 Å². The van der Waals surface area contributed by atoms with Gasteiger partial charge < -0.3 is 0 Å². The van der Waals surface area contributed by atoms with Crippen LogP contribution in [0.4, 0.5) is 4.39 Å². The molecule has 0 aliphatic rings. The number of benzene rings is 1. The highest BCUT2D eigenvalue weighted by molar-refractivity contribution is 9.09. The van der Waals surface area contributed by atoms with Crippen LogP contribution in [-0.2, 0) is 0 Å². The summed E-state index contributed by atoms with van der Waals surface area (Å²) in [7, 11) is 0. The van der Waals surface area contributed by atoms with Crippen molar-refractivity contribution in [2.24, 2.45) is 0 Å². The summed E-state index contributed by atoms with van der Waals surface area (Å²) >= 11 is 5.29. The Morgan fingerprint density at radius 1 is 1.25 bits per heavy atom. The van der Waals surface area contributed by atoms with Crippen LogP contribution in [0.25, 0.3) is 0 Å². The fourth-order valence-corrected chi connectivity index (χ4v) is 3.78. The van der Waals surface area contributed by atoms with Crippen LogP contribution in [0.5, 0.6) is 0 Å². The molecule has 1 aromatic carbocycles. The molecule has 84 valence electrons. The van der Waals surface area contributed by atoms with Crippen LogP contribution in [0, 0.1) is 19.7 Å². The van der Waals surface area contributed by atoms with E-state index in [1.54, 1.807) is 17.4 Å². The first-order valence-electron chi connectivity index (χ1n) is 5.05. The first-order valence-corrected chi connectivity index (χ1v) is 6.78. The summed E-state index contributed by atoms with van der Waals surface area (Å²) in [5.41, 5.74) is 1.92. The van der Waals surface area contributed by atoms with Crippen LogP contribution in [0.1, 0.15) is 25.7 Å². The van der Waals surface area contributed by atoms with E-state index in [2.05, 4.69) is 35.8 Å². The van der Waals surface area contributed by atoms with Gasteiger partial charge in [0.05, 0.1) is 4.83 Å². The number of hydrogen-bond acceptors (Lipinski definition) is 1. The van der Waals surface area contributed by atoms with Crippen LogP contribution in [0.15, 0.2) is 30.3 Å². The van der Waals surface area contributed by atoms with Crippen molar-refractivity contribution in [1.82, 2.24) is 0 Å². The molecule has 1 aromatic heterocycles. The SMILES string of the molecule is Cc1cc(C)c(C(Br)c2ccccc2F)s1. The van der Waals surface area contributed by atoms with Crippen molar-refractivity contribution in [3.05, 3.63) is 57.0 Å². The summed E-state index contributed by atoms with van der Waals surface area (Å²) in [5, 5.41) is 0. The summed E-state index contributed by atoms with van der Waals surface area (Å²) in [4.78, 5) is 2.39. The maximum atomic E-state index is 13.6. The molecule has 0 aliphatic carbocycles. The molecule has 0 radical (unpaired) electrons. The van der Waals surface area contributed by atoms with E-state index in [0.717, 1.165) is 0 Å². The molecule has 0 saturated heterocycles. The predicted molar refractivity (Wildman–Crippen MR) is 71.0 cm³/mol. The largest absolute Gasteiger partial charge is 0.207 e. The van der Waals surface area contributed by atoms with E-state index >= 15 is 0 Å². The summed E-state index contributed by atoms with van der Waals surface area (Å²) in [5.74, 6) is -0.158. The minimum Gasteiger partial charge on any atom is -0.207 e. The number of halogens is 2. The first-order chi connectivity index (χ1) is 7.59. The zero-order valence-corrected chi connectivity index (χ0v) is 11.5. The molecular formula is C13H12BrFS. The molecule has 2 aromatic rings. The zero-order chi connectivity index (χ0) is 11.7. The van der Waals surface area contributed by atoms with Crippen molar-refractivity contribution in [2.45, 2.75) is 18.7 Å². The van der Waals surface area contributed by atoms with Gasteiger partial charge >= 0.3 is 0 Å². The molecule has 0 amide bonds. The van der Waals surface area contributed by atoms with Crippen molar-refractivity contribution >= 4 is 27.3 Å². The topological polar surface area (TPSA) is 0 Å². The number of hydrogen-bond donors (Lipinski definition) is 0. The minimum atomic E-state index is -0.158. The Hall–Kier alpha value is -0.670. The van der Waals surface area contributed by atoms with Gasteiger partial charge in [-0.05, 0) is 31.5 Å². The van der Waals surface area contributed by atoms with Crippen LogP contribution < -0.4 is 0 Å². The lowest BCUT2D eigenvalue weighted by molar-refractivity contribution is 0.614. The maximum Gasteiger partial charge on any atom is 0.127 e. The number of aryl methyl sites for hydroxylation is 2. The molecule has 3 heteroatoms. The van der Waals surface area contributed by atoms with Gasteiger partial charge in [-0.2, -0.15) is 0 Å². The van der Waals surface area contributed by atoms with Gasteiger partial charge in [-0.25, -0.2) is 4.39 Å². The Balaban J connectivity index is 2.43. The number of thiophene rings is 1. The highest BCUT2D eigenvalue weighted by atomic mass is 79.9. The second-order valence-electron chi connectivity index (χ2n) is 3.79. The van der Waals surface area contributed by atoms with Crippen molar-refractivity contribution in [1.29, 1.82) is 0 Å². The molecule has 0 bridgehead atoms. The third-order valence-corrected chi connectivity index (χ3v) is 4.96. The lowest BCUT2D eigenvalue weighted by Crippen LogP contribution is -1.95. The Bertz CT molecular complexity index is 504.